The molecule has 1 unspecified atom stereocenters. The molecule has 7 heteroatoms. The van der Waals surface area contributed by atoms with Crippen LogP contribution in [-0.2, 0) is 0 Å². The smallest absolute Gasteiger partial charge is 0.335 e. The van der Waals surface area contributed by atoms with Crippen molar-refractivity contribution in [1.29, 1.82) is 0 Å². The predicted octanol–water partition coefficient (Wildman–Crippen LogP) is 4.77. The Balaban J connectivity index is 2.05. The maximum Gasteiger partial charge on any atom is 0.335 e. The molecule has 148 valence electrons. The van der Waals surface area contributed by atoms with E-state index in [0.29, 0.717) is 16.8 Å². The summed E-state index contributed by atoms with van der Waals surface area (Å²) in [5.41, 5.74) is 2.54. The summed E-state index contributed by atoms with van der Waals surface area (Å²) in [7, 11) is 0. The van der Waals surface area contributed by atoms with Crippen LogP contribution in [0.5, 0.6) is 0 Å². The van der Waals surface area contributed by atoms with Gasteiger partial charge in [0.2, 0.25) is 0 Å². The third-order valence-electron chi connectivity index (χ3n) is 4.65. The highest BCUT2D eigenvalue weighted by Gasteiger charge is 2.22. The summed E-state index contributed by atoms with van der Waals surface area (Å²) in [6.45, 7) is 1.79. The van der Waals surface area contributed by atoms with Crippen LogP contribution in [0.25, 0.3) is 0 Å². The summed E-state index contributed by atoms with van der Waals surface area (Å²) >= 11 is 0. The number of hydrogen-bond acceptors (Lipinski definition) is 4. The van der Waals surface area contributed by atoms with Gasteiger partial charge in [-0.3, -0.25) is 4.98 Å². The first-order chi connectivity index (χ1) is 13.9. The Morgan fingerprint density at radius 2 is 1.79 bits per heavy atom. The molecular weight excluding hydrogens is 378 g/mol. The standard InChI is InChI=1S/C22H18F2N2O3/c1-13-10-16(8-9-25-13)21(26-29)12-19(18-7-6-17(23)11-20(18)24)14-2-4-15(5-3-14)22(27)28/h2-11,19,29H,12H2,1H3,(H,27,28). The van der Waals surface area contributed by atoms with E-state index in [1.807, 2.05) is 0 Å². The van der Waals surface area contributed by atoms with E-state index >= 15 is 0 Å². The number of nitrogens with zero attached hydrogens (tertiary/aromatic N) is 2. The van der Waals surface area contributed by atoms with E-state index < -0.39 is 23.5 Å². The van der Waals surface area contributed by atoms with Crippen molar-refractivity contribution < 1.29 is 23.9 Å². The summed E-state index contributed by atoms with van der Waals surface area (Å²) in [5.74, 6) is -3.14. The molecule has 3 rings (SSSR count). The predicted molar refractivity (Wildman–Crippen MR) is 104 cm³/mol. The van der Waals surface area contributed by atoms with Gasteiger partial charge in [-0.1, -0.05) is 23.4 Å². The van der Waals surface area contributed by atoms with Crippen LogP contribution in [-0.4, -0.2) is 27.0 Å². The first-order valence-electron chi connectivity index (χ1n) is 8.81. The molecule has 0 amide bonds. The Morgan fingerprint density at radius 3 is 2.38 bits per heavy atom. The van der Waals surface area contributed by atoms with Crippen LogP contribution >= 0.6 is 0 Å². The fourth-order valence-electron chi connectivity index (χ4n) is 3.18. The van der Waals surface area contributed by atoms with Gasteiger partial charge in [-0.25, -0.2) is 13.6 Å². The number of carboxylic acid groups (broad SMARTS) is 1. The highest BCUT2D eigenvalue weighted by atomic mass is 19.1. The molecule has 0 fully saturated rings. The van der Waals surface area contributed by atoms with Gasteiger partial charge in [0.15, 0.2) is 0 Å². The van der Waals surface area contributed by atoms with E-state index in [1.165, 1.54) is 18.2 Å². The average Bonchev–Trinajstić information content (AvgIpc) is 2.70. The van der Waals surface area contributed by atoms with E-state index in [9.17, 15) is 18.8 Å². The average molecular weight is 396 g/mol. The number of carboxylic acids is 1. The van der Waals surface area contributed by atoms with E-state index in [0.717, 1.165) is 17.8 Å². The van der Waals surface area contributed by atoms with Crippen molar-refractivity contribution in [2.45, 2.75) is 19.3 Å². The molecule has 0 aliphatic carbocycles. The number of pyridine rings is 1. The normalized spacial score (nSPS) is 12.6. The van der Waals surface area contributed by atoms with Crippen LogP contribution in [0.15, 0.2) is 65.9 Å². The molecule has 0 aliphatic heterocycles. The van der Waals surface area contributed by atoms with Crippen molar-refractivity contribution in [2.75, 3.05) is 0 Å². The molecule has 0 bridgehead atoms. The first-order valence-corrected chi connectivity index (χ1v) is 8.81. The van der Waals surface area contributed by atoms with Crippen molar-refractivity contribution in [3.8, 4) is 0 Å². The number of carbonyl (C=O) groups is 1. The van der Waals surface area contributed by atoms with Gasteiger partial charge in [-0.2, -0.15) is 0 Å². The zero-order chi connectivity index (χ0) is 21.0. The molecule has 2 N–H and O–H groups in total. The Hall–Kier alpha value is -3.61. The fraction of sp³-hybridized carbons (Fsp3) is 0.136. The van der Waals surface area contributed by atoms with E-state index in [-0.39, 0.29) is 17.5 Å². The summed E-state index contributed by atoms with van der Waals surface area (Å²) < 4.78 is 28.0. The second-order valence-corrected chi connectivity index (χ2v) is 6.58. The van der Waals surface area contributed by atoms with Gasteiger partial charge in [0.05, 0.1) is 11.3 Å². The molecule has 2 aromatic carbocycles. The minimum atomic E-state index is -1.08. The molecule has 0 aliphatic rings. The lowest BCUT2D eigenvalue weighted by Gasteiger charge is -2.20. The van der Waals surface area contributed by atoms with E-state index in [1.54, 1.807) is 37.4 Å². The van der Waals surface area contributed by atoms with Gasteiger partial charge >= 0.3 is 5.97 Å². The second-order valence-electron chi connectivity index (χ2n) is 6.58. The number of aryl methyl sites for hydroxylation is 1. The van der Waals surface area contributed by atoms with Crippen molar-refractivity contribution in [2.24, 2.45) is 5.16 Å². The number of rotatable bonds is 6. The summed E-state index contributed by atoms with van der Waals surface area (Å²) in [4.78, 5) is 15.2. The van der Waals surface area contributed by atoms with Gasteiger partial charge in [0.1, 0.15) is 11.6 Å². The van der Waals surface area contributed by atoms with Crippen LogP contribution in [0, 0.1) is 18.6 Å². The number of halogens is 2. The highest BCUT2D eigenvalue weighted by molar-refractivity contribution is 6.01. The topological polar surface area (TPSA) is 82.8 Å². The largest absolute Gasteiger partial charge is 0.478 e. The van der Waals surface area contributed by atoms with E-state index in [2.05, 4.69) is 10.1 Å². The number of benzene rings is 2. The molecule has 0 saturated carbocycles. The third-order valence-corrected chi connectivity index (χ3v) is 4.65. The number of oxime groups is 1. The van der Waals surface area contributed by atoms with Crippen molar-refractivity contribution in [1.82, 2.24) is 4.98 Å². The number of aromatic nitrogens is 1. The van der Waals surface area contributed by atoms with Crippen molar-refractivity contribution in [3.05, 3.63) is 100 Å². The molecule has 3 aromatic rings. The van der Waals surface area contributed by atoms with E-state index in [4.69, 9.17) is 5.11 Å². The second kappa shape index (κ2) is 8.60. The maximum atomic E-state index is 14.6. The Morgan fingerprint density at radius 1 is 1.07 bits per heavy atom. The molecule has 1 atom stereocenters. The van der Waals surface area contributed by atoms with Crippen molar-refractivity contribution >= 4 is 11.7 Å². The van der Waals surface area contributed by atoms with Crippen LogP contribution in [0.3, 0.4) is 0 Å². The lowest BCUT2D eigenvalue weighted by Crippen LogP contribution is -2.13. The molecule has 1 aromatic heterocycles. The molecule has 0 spiro atoms. The zero-order valence-corrected chi connectivity index (χ0v) is 15.5. The number of hydrogen-bond donors (Lipinski definition) is 2. The Bertz CT molecular complexity index is 1070. The molecule has 0 radical (unpaired) electrons. The van der Waals surface area contributed by atoms with Crippen molar-refractivity contribution in [3.63, 3.8) is 0 Å². The molecule has 29 heavy (non-hydrogen) atoms. The van der Waals surface area contributed by atoms with Crippen LogP contribution < -0.4 is 0 Å². The molecule has 1 heterocycles. The third kappa shape index (κ3) is 4.63. The minimum Gasteiger partial charge on any atom is -0.478 e. The highest BCUT2D eigenvalue weighted by Crippen LogP contribution is 2.32. The first kappa shape index (κ1) is 20.1. The Labute approximate surface area is 166 Å². The minimum absolute atomic E-state index is 0.0906. The van der Waals surface area contributed by atoms with Crippen LogP contribution in [0.1, 0.15) is 45.1 Å². The summed E-state index contributed by atoms with van der Waals surface area (Å²) in [6, 6.07) is 12.7. The zero-order valence-electron chi connectivity index (χ0n) is 15.5. The van der Waals surface area contributed by atoms with Gasteiger partial charge in [0, 0.05) is 35.9 Å². The summed E-state index contributed by atoms with van der Waals surface area (Å²) in [5, 5.41) is 22.1. The van der Waals surface area contributed by atoms with Gasteiger partial charge in [-0.15, -0.1) is 0 Å². The lowest BCUT2D eigenvalue weighted by molar-refractivity contribution is 0.0697. The SMILES string of the molecule is Cc1cc(C(CC(c2ccc(C(=O)O)cc2)c2ccc(F)cc2F)=NO)ccn1. The Kier molecular flexibility index (Phi) is 5.97. The lowest BCUT2D eigenvalue weighted by atomic mass is 9.85. The maximum absolute atomic E-state index is 14.6. The quantitative estimate of drug-likeness (QED) is 0.357. The molecular formula is C22H18F2N2O3. The van der Waals surface area contributed by atoms with Gasteiger partial charge < -0.3 is 10.3 Å². The van der Waals surface area contributed by atoms with Crippen LogP contribution in [0.2, 0.25) is 0 Å². The monoisotopic (exact) mass is 396 g/mol. The molecule has 0 saturated heterocycles. The van der Waals surface area contributed by atoms with Crippen LogP contribution in [0.4, 0.5) is 8.78 Å². The summed E-state index contributed by atoms with van der Waals surface area (Å²) in [6.07, 6.45) is 1.68. The molecule has 5 nitrogen and oxygen atoms in total. The van der Waals surface area contributed by atoms with Gasteiger partial charge in [-0.05, 0) is 48.4 Å². The number of aromatic carboxylic acids is 1. The van der Waals surface area contributed by atoms with Gasteiger partial charge in [0.25, 0.3) is 0 Å². The fourth-order valence-corrected chi connectivity index (χ4v) is 3.18.